The number of amides is 4. The summed E-state index contributed by atoms with van der Waals surface area (Å²) < 4.78 is 5.80. The third kappa shape index (κ3) is 5.94. The molecule has 1 saturated carbocycles. The van der Waals surface area contributed by atoms with Gasteiger partial charge in [-0.05, 0) is 24.7 Å². The molecule has 39 heavy (non-hydrogen) atoms. The summed E-state index contributed by atoms with van der Waals surface area (Å²) in [5.74, 6) is -0.952. The van der Waals surface area contributed by atoms with Gasteiger partial charge in [-0.15, -0.1) is 0 Å². The Labute approximate surface area is 229 Å². The summed E-state index contributed by atoms with van der Waals surface area (Å²) in [6.07, 6.45) is -0.645. The normalized spacial score (nSPS) is 36.9. The van der Waals surface area contributed by atoms with Gasteiger partial charge in [-0.3, -0.25) is 24.1 Å². The fourth-order valence-electron chi connectivity index (χ4n) is 6.55. The second-order valence-corrected chi connectivity index (χ2v) is 13.1. The highest BCUT2D eigenvalue weighted by atomic mass is 16.5. The first kappa shape index (κ1) is 28.3. The summed E-state index contributed by atoms with van der Waals surface area (Å²) in [5.41, 5.74) is -0.266. The van der Waals surface area contributed by atoms with Gasteiger partial charge in [-0.25, -0.2) is 0 Å². The van der Waals surface area contributed by atoms with Gasteiger partial charge in [-0.2, -0.15) is 0 Å². The maximum Gasteiger partial charge on any atom is 0.244 e. The van der Waals surface area contributed by atoms with Crippen molar-refractivity contribution in [2.45, 2.75) is 108 Å². The number of hydrogen-bond acceptors (Lipinski definition) is 8. The van der Waals surface area contributed by atoms with Gasteiger partial charge in [0.15, 0.2) is 0 Å². The smallest absolute Gasteiger partial charge is 0.244 e. The van der Waals surface area contributed by atoms with E-state index in [9.17, 15) is 29.4 Å². The van der Waals surface area contributed by atoms with E-state index in [2.05, 4.69) is 15.5 Å². The van der Waals surface area contributed by atoms with Crippen LogP contribution in [0, 0.1) is 5.41 Å². The lowest BCUT2D eigenvalue weighted by Crippen LogP contribution is -2.64. The van der Waals surface area contributed by atoms with Crippen LogP contribution in [0.1, 0.15) is 59.3 Å². The van der Waals surface area contributed by atoms with Gasteiger partial charge in [-0.1, -0.05) is 27.2 Å². The molecule has 5 aliphatic rings. The molecular weight excluding hydrogens is 506 g/mol. The van der Waals surface area contributed by atoms with E-state index < -0.39 is 42.4 Å². The van der Waals surface area contributed by atoms with E-state index in [4.69, 9.17) is 4.74 Å². The Morgan fingerprint density at radius 2 is 1.74 bits per heavy atom. The van der Waals surface area contributed by atoms with Crippen molar-refractivity contribution in [1.29, 1.82) is 0 Å². The molecule has 4 N–H and O–H groups in total. The van der Waals surface area contributed by atoms with Crippen molar-refractivity contribution >= 4 is 23.6 Å². The Morgan fingerprint density at radius 1 is 1.03 bits per heavy atom. The van der Waals surface area contributed by atoms with Crippen LogP contribution in [0.3, 0.4) is 0 Å². The first-order valence-corrected chi connectivity index (χ1v) is 14.3. The highest BCUT2D eigenvalue weighted by Gasteiger charge is 2.48. The van der Waals surface area contributed by atoms with Crippen LogP contribution in [0.5, 0.6) is 0 Å². The molecule has 4 aliphatic heterocycles. The number of hydrogen-bond donors (Lipinski definition) is 4. The lowest BCUT2D eigenvalue weighted by molar-refractivity contribution is -0.151. The van der Waals surface area contributed by atoms with Crippen LogP contribution in [-0.4, -0.2) is 130 Å². The minimum atomic E-state index is -1.27. The number of piperazine rings is 1. The minimum absolute atomic E-state index is 0.0688. The standard InChI is InChI=1S/C27H43N5O7/c1-27(2,3)11-22(34)31-8-7-30-14-18(31)25(37)28-12-20-24(36)23(35)19(39-20)10-21(33)29-15-9-17(26(30)38)32(13-15)16-5-4-6-16/h15-20,23-24,35-36H,4-14H2,1-3H3,(H,28,37)(H,29,33)/t15-,17-,18-,19-,20+,23-,24+/m0/s1. The molecule has 0 radical (unpaired) electrons. The summed E-state index contributed by atoms with van der Waals surface area (Å²) >= 11 is 0. The van der Waals surface area contributed by atoms with Gasteiger partial charge in [0.1, 0.15) is 24.4 Å². The van der Waals surface area contributed by atoms with Crippen molar-refractivity contribution in [2.24, 2.45) is 5.41 Å². The predicted molar refractivity (Wildman–Crippen MR) is 139 cm³/mol. The van der Waals surface area contributed by atoms with E-state index in [-0.39, 0.29) is 67.7 Å². The average Bonchev–Trinajstić information content (AvgIpc) is 3.34. The van der Waals surface area contributed by atoms with Crippen molar-refractivity contribution in [1.82, 2.24) is 25.3 Å². The molecule has 12 nitrogen and oxygen atoms in total. The SMILES string of the molecule is CC(C)(C)CC(=O)N1CCN2C[C@H]1C(=O)NC[C@H]1O[C@@H](CC(=O)N[C@H]3C[C@@H](C2=O)N(C2CCC2)C3)[C@H](O)[C@@H]1O. The topological polar surface area (TPSA) is 152 Å². The molecule has 0 unspecified atom stereocenters. The minimum Gasteiger partial charge on any atom is -0.388 e. The van der Waals surface area contributed by atoms with Crippen LogP contribution >= 0.6 is 0 Å². The Kier molecular flexibility index (Phi) is 7.93. The van der Waals surface area contributed by atoms with E-state index in [0.29, 0.717) is 19.5 Å². The zero-order chi connectivity index (χ0) is 28.1. The molecule has 4 saturated heterocycles. The van der Waals surface area contributed by atoms with Gasteiger partial charge in [0.25, 0.3) is 0 Å². The molecule has 0 aromatic carbocycles. The fraction of sp³-hybridized carbons (Fsp3) is 0.852. The number of fused-ring (bicyclic) bond motifs is 6. The highest BCUT2D eigenvalue weighted by molar-refractivity contribution is 5.90. The molecule has 0 aromatic heterocycles. The van der Waals surface area contributed by atoms with Crippen molar-refractivity contribution in [3.8, 4) is 0 Å². The lowest BCUT2D eigenvalue weighted by atomic mass is 9.90. The number of nitrogens with zero attached hydrogens (tertiary/aromatic N) is 3. The van der Waals surface area contributed by atoms with Crippen LogP contribution in [-0.2, 0) is 23.9 Å². The Bertz CT molecular complexity index is 982. The molecule has 4 amide bonds. The third-order valence-electron chi connectivity index (χ3n) is 8.86. The number of likely N-dealkylation sites (tertiary alicyclic amines) is 1. The molecule has 12 heteroatoms. The molecule has 218 valence electrons. The third-order valence-corrected chi connectivity index (χ3v) is 8.86. The maximum atomic E-state index is 13.9. The fourth-order valence-corrected chi connectivity index (χ4v) is 6.55. The summed E-state index contributed by atoms with van der Waals surface area (Å²) in [6.45, 7) is 7.02. The maximum absolute atomic E-state index is 13.9. The van der Waals surface area contributed by atoms with E-state index in [1.54, 1.807) is 9.80 Å². The monoisotopic (exact) mass is 549 g/mol. The number of nitrogens with one attached hydrogen (secondary N) is 2. The predicted octanol–water partition coefficient (Wildman–Crippen LogP) is -1.42. The van der Waals surface area contributed by atoms with E-state index in [1.807, 2.05) is 20.8 Å². The van der Waals surface area contributed by atoms with E-state index in [1.165, 1.54) is 0 Å². The van der Waals surface area contributed by atoms with Crippen molar-refractivity contribution in [3.63, 3.8) is 0 Å². The number of rotatable bonds is 2. The number of aliphatic hydroxyl groups excluding tert-OH is 2. The second-order valence-electron chi connectivity index (χ2n) is 13.1. The first-order chi connectivity index (χ1) is 18.4. The zero-order valence-corrected chi connectivity index (χ0v) is 23.2. The molecule has 7 atom stereocenters. The second kappa shape index (κ2) is 10.9. The first-order valence-electron chi connectivity index (χ1n) is 14.3. The van der Waals surface area contributed by atoms with Crippen LogP contribution in [0.15, 0.2) is 0 Å². The molecular formula is C27H43N5O7. The van der Waals surface area contributed by atoms with Crippen molar-refractivity contribution in [3.05, 3.63) is 0 Å². The van der Waals surface area contributed by atoms with Crippen LogP contribution < -0.4 is 10.6 Å². The molecule has 0 aromatic rings. The largest absolute Gasteiger partial charge is 0.388 e. The summed E-state index contributed by atoms with van der Waals surface area (Å²) in [7, 11) is 0. The average molecular weight is 550 g/mol. The van der Waals surface area contributed by atoms with Gasteiger partial charge in [0.2, 0.25) is 23.6 Å². The molecule has 4 heterocycles. The van der Waals surface area contributed by atoms with Gasteiger partial charge >= 0.3 is 0 Å². The van der Waals surface area contributed by atoms with E-state index >= 15 is 0 Å². The molecule has 1 aliphatic carbocycles. The van der Waals surface area contributed by atoms with Crippen LogP contribution in [0.25, 0.3) is 0 Å². The summed E-state index contributed by atoms with van der Waals surface area (Å²) in [4.78, 5) is 59.0. The molecule has 0 spiro atoms. The van der Waals surface area contributed by atoms with Gasteiger partial charge < -0.3 is 35.4 Å². The Morgan fingerprint density at radius 3 is 2.41 bits per heavy atom. The lowest BCUT2D eigenvalue weighted by Gasteiger charge is -2.44. The van der Waals surface area contributed by atoms with Crippen molar-refractivity contribution in [2.75, 3.05) is 32.7 Å². The summed E-state index contributed by atoms with van der Waals surface area (Å²) in [6, 6.07) is -1.23. The van der Waals surface area contributed by atoms with E-state index in [0.717, 1.165) is 19.3 Å². The molecule has 5 fully saturated rings. The summed E-state index contributed by atoms with van der Waals surface area (Å²) in [5, 5.41) is 26.9. The quantitative estimate of drug-likeness (QED) is 0.328. The number of carbonyl (C=O) groups is 4. The van der Waals surface area contributed by atoms with Gasteiger partial charge in [0.05, 0.1) is 25.1 Å². The zero-order valence-electron chi connectivity index (χ0n) is 23.2. The number of aliphatic hydroxyl groups is 2. The van der Waals surface area contributed by atoms with Gasteiger partial charge in [0, 0.05) is 44.7 Å². The number of carbonyl (C=O) groups excluding carboxylic acids is 4. The highest BCUT2D eigenvalue weighted by Crippen LogP contribution is 2.33. The molecule has 6 bridgehead atoms. The Hall–Kier alpha value is -2.28. The molecule has 5 rings (SSSR count). The number of ether oxygens (including phenoxy) is 1. The Balaban J connectivity index is 1.42. The van der Waals surface area contributed by atoms with Crippen LogP contribution in [0.4, 0.5) is 0 Å². The van der Waals surface area contributed by atoms with Crippen LogP contribution in [0.2, 0.25) is 0 Å². The van der Waals surface area contributed by atoms with Crippen molar-refractivity contribution < 1.29 is 34.1 Å².